The van der Waals surface area contributed by atoms with Crippen LogP contribution in [0.2, 0.25) is 0 Å². The SMILES string of the molecule is O=C(CCl)c1ccc2c(c1)C(=O)c1cc(C(=O)CCl)ccc1-2. The summed E-state index contributed by atoms with van der Waals surface area (Å²) in [6.07, 6.45) is 0. The van der Waals surface area contributed by atoms with Crippen LogP contribution in [-0.2, 0) is 0 Å². The minimum atomic E-state index is -0.230. The van der Waals surface area contributed by atoms with E-state index >= 15 is 0 Å². The first kappa shape index (κ1) is 14.9. The Morgan fingerprint density at radius 2 is 1.14 bits per heavy atom. The lowest BCUT2D eigenvalue weighted by Crippen LogP contribution is -2.04. The van der Waals surface area contributed by atoms with E-state index < -0.39 is 0 Å². The third-order valence-electron chi connectivity index (χ3n) is 3.71. The van der Waals surface area contributed by atoms with Gasteiger partial charge < -0.3 is 0 Å². The Morgan fingerprint density at radius 3 is 1.50 bits per heavy atom. The number of rotatable bonds is 4. The van der Waals surface area contributed by atoms with Gasteiger partial charge in [-0.25, -0.2) is 0 Å². The lowest BCUT2D eigenvalue weighted by Gasteiger charge is -2.03. The van der Waals surface area contributed by atoms with Crippen LogP contribution in [0.15, 0.2) is 36.4 Å². The fourth-order valence-corrected chi connectivity index (χ4v) is 2.89. The van der Waals surface area contributed by atoms with Gasteiger partial charge in [0.2, 0.25) is 0 Å². The first-order valence-corrected chi connectivity index (χ1v) is 7.65. The molecule has 0 N–H and O–H groups in total. The van der Waals surface area contributed by atoms with E-state index in [1.54, 1.807) is 36.4 Å². The van der Waals surface area contributed by atoms with Gasteiger partial charge in [-0.05, 0) is 23.3 Å². The first-order chi connectivity index (χ1) is 10.6. The highest BCUT2D eigenvalue weighted by molar-refractivity contribution is 6.32. The second kappa shape index (κ2) is 5.67. The highest BCUT2D eigenvalue weighted by Crippen LogP contribution is 2.37. The summed E-state index contributed by atoms with van der Waals surface area (Å²) < 4.78 is 0. The average Bonchev–Trinajstić information content (AvgIpc) is 2.85. The summed E-state index contributed by atoms with van der Waals surface area (Å²) in [5, 5.41) is 0. The molecule has 1 aliphatic carbocycles. The number of carbonyl (C=O) groups is 3. The van der Waals surface area contributed by atoms with Gasteiger partial charge in [0, 0.05) is 22.3 Å². The standard InChI is InChI=1S/C17H10Cl2O3/c18-7-15(20)9-1-3-11-12-4-2-10(16(21)8-19)6-14(12)17(22)13(11)5-9/h1-6H,7-8H2. The average molecular weight is 333 g/mol. The van der Waals surface area contributed by atoms with Gasteiger partial charge in [-0.3, -0.25) is 14.4 Å². The van der Waals surface area contributed by atoms with Crippen LogP contribution < -0.4 is 0 Å². The second-order valence-electron chi connectivity index (χ2n) is 4.96. The van der Waals surface area contributed by atoms with E-state index in [4.69, 9.17) is 23.2 Å². The topological polar surface area (TPSA) is 51.2 Å². The van der Waals surface area contributed by atoms with Crippen LogP contribution in [0, 0.1) is 0 Å². The van der Waals surface area contributed by atoms with Crippen LogP contribution >= 0.6 is 23.2 Å². The summed E-state index contributed by atoms with van der Waals surface area (Å²) >= 11 is 11.1. The van der Waals surface area contributed by atoms with Crippen molar-refractivity contribution in [1.29, 1.82) is 0 Å². The summed E-state index contributed by atoms with van der Waals surface area (Å²) in [5.41, 5.74) is 3.26. The van der Waals surface area contributed by atoms with Crippen molar-refractivity contribution in [3.8, 4) is 11.1 Å². The zero-order valence-electron chi connectivity index (χ0n) is 11.4. The van der Waals surface area contributed by atoms with E-state index in [1.165, 1.54) is 0 Å². The molecule has 0 radical (unpaired) electrons. The molecule has 0 amide bonds. The third kappa shape index (κ3) is 2.27. The molecule has 1 aliphatic rings. The van der Waals surface area contributed by atoms with Crippen molar-refractivity contribution < 1.29 is 14.4 Å². The van der Waals surface area contributed by atoms with Gasteiger partial charge in [-0.2, -0.15) is 0 Å². The Balaban J connectivity index is 2.11. The second-order valence-corrected chi connectivity index (χ2v) is 5.50. The highest BCUT2D eigenvalue weighted by Gasteiger charge is 2.28. The Labute approximate surface area is 136 Å². The van der Waals surface area contributed by atoms with Crippen molar-refractivity contribution in [3.05, 3.63) is 58.7 Å². The number of benzene rings is 2. The molecule has 0 saturated carbocycles. The fraction of sp³-hybridized carbons (Fsp3) is 0.118. The molecular weight excluding hydrogens is 323 g/mol. The van der Waals surface area contributed by atoms with Crippen LogP contribution in [0.1, 0.15) is 36.6 Å². The molecule has 0 saturated heterocycles. The summed E-state index contributed by atoms with van der Waals surface area (Å²) in [5.74, 6) is -0.918. The van der Waals surface area contributed by atoms with Crippen molar-refractivity contribution in [3.63, 3.8) is 0 Å². The van der Waals surface area contributed by atoms with Crippen LogP contribution in [-0.4, -0.2) is 29.1 Å². The number of hydrogen-bond donors (Lipinski definition) is 0. The maximum Gasteiger partial charge on any atom is 0.194 e. The molecule has 110 valence electrons. The molecule has 0 bridgehead atoms. The summed E-state index contributed by atoms with van der Waals surface area (Å²) in [6, 6.07) is 9.91. The van der Waals surface area contributed by atoms with E-state index in [1.807, 2.05) is 0 Å². The van der Waals surface area contributed by atoms with Gasteiger partial charge >= 0.3 is 0 Å². The maximum atomic E-state index is 12.5. The molecule has 0 atom stereocenters. The quantitative estimate of drug-likeness (QED) is 0.540. The van der Waals surface area contributed by atoms with Crippen LogP contribution in [0.25, 0.3) is 11.1 Å². The van der Waals surface area contributed by atoms with E-state index in [9.17, 15) is 14.4 Å². The van der Waals surface area contributed by atoms with Crippen LogP contribution in [0.3, 0.4) is 0 Å². The molecule has 0 heterocycles. The van der Waals surface area contributed by atoms with Crippen molar-refractivity contribution in [2.24, 2.45) is 0 Å². The lowest BCUT2D eigenvalue weighted by atomic mass is 10.0. The fourth-order valence-electron chi connectivity index (χ4n) is 2.58. The smallest absolute Gasteiger partial charge is 0.194 e. The Hall–Kier alpha value is -1.97. The third-order valence-corrected chi connectivity index (χ3v) is 4.19. The number of carbonyl (C=O) groups excluding carboxylic acids is 3. The van der Waals surface area contributed by atoms with E-state index in [0.29, 0.717) is 22.3 Å². The highest BCUT2D eigenvalue weighted by atomic mass is 35.5. The summed E-state index contributed by atoms with van der Waals surface area (Å²) in [4.78, 5) is 35.9. The van der Waals surface area contributed by atoms with E-state index in [-0.39, 0.29) is 29.1 Å². The Bertz CT molecular complexity index is 757. The van der Waals surface area contributed by atoms with Crippen molar-refractivity contribution >= 4 is 40.6 Å². The number of hydrogen-bond acceptors (Lipinski definition) is 3. The van der Waals surface area contributed by atoms with Gasteiger partial charge in [-0.15, -0.1) is 23.2 Å². The molecule has 0 fully saturated rings. The Morgan fingerprint density at radius 1 is 0.727 bits per heavy atom. The minimum Gasteiger partial charge on any atom is -0.293 e. The normalized spacial score (nSPS) is 12.0. The maximum absolute atomic E-state index is 12.5. The van der Waals surface area contributed by atoms with Crippen LogP contribution in [0.5, 0.6) is 0 Å². The number of fused-ring (bicyclic) bond motifs is 3. The van der Waals surface area contributed by atoms with Gasteiger partial charge in [0.1, 0.15) is 0 Å². The van der Waals surface area contributed by atoms with E-state index in [0.717, 1.165) is 11.1 Å². The zero-order chi connectivity index (χ0) is 15.9. The molecule has 2 aromatic rings. The number of Topliss-reactive ketones (excluding diaryl/α,β-unsaturated/α-hetero) is 2. The molecule has 22 heavy (non-hydrogen) atoms. The molecule has 0 aromatic heterocycles. The van der Waals surface area contributed by atoms with Gasteiger partial charge in [0.15, 0.2) is 17.3 Å². The predicted molar refractivity (Wildman–Crippen MR) is 85.4 cm³/mol. The molecule has 0 unspecified atom stereocenters. The van der Waals surface area contributed by atoms with Crippen molar-refractivity contribution in [2.75, 3.05) is 11.8 Å². The van der Waals surface area contributed by atoms with Gasteiger partial charge in [0.05, 0.1) is 11.8 Å². The van der Waals surface area contributed by atoms with Crippen LogP contribution in [0.4, 0.5) is 0 Å². The monoisotopic (exact) mass is 332 g/mol. The van der Waals surface area contributed by atoms with E-state index in [2.05, 4.69) is 0 Å². The number of ketones is 3. The van der Waals surface area contributed by atoms with Gasteiger partial charge in [0.25, 0.3) is 0 Å². The summed E-state index contributed by atoms with van der Waals surface area (Å²) in [6.45, 7) is 0. The molecule has 0 aliphatic heterocycles. The number of halogens is 2. The first-order valence-electron chi connectivity index (χ1n) is 6.58. The lowest BCUT2D eigenvalue weighted by molar-refractivity contribution is 0.101. The predicted octanol–water partition coefficient (Wildman–Crippen LogP) is 3.74. The van der Waals surface area contributed by atoms with Crippen molar-refractivity contribution in [2.45, 2.75) is 0 Å². The zero-order valence-corrected chi connectivity index (χ0v) is 12.9. The van der Waals surface area contributed by atoms with Crippen molar-refractivity contribution in [1.82, 2.24) is 0 Å². The Kier molecular flexibility index (Phi) is 3.85. The summed E-state index contributed by atoms with van der Waals surface area (Å²) in [7, 11) is 0. The molecule has 2 aromatic carbocycles. The molecule has 3 nitrogen and oxygen atoms in total. The molecular formula is C17H10Cl2O3. The van der Waals surface area contributed by atoms with Gasteiger partial charge in [-0.1, -0.05) is 24.3 Å². The largest absolute Gasteiger partial charge is 0.293 e. The molecule has 0 spiro atoms. The molecule has 5 heteroatoms. The minimum absolute atomic E-state index is 0.131. The molecule has 3 rings (SSSR count). The number of alkyl halides is 2.